The summed E-state index contributed by atoms with van der Waals surface area (Å²) in [6, 6.07) is 6.29. The number of halogens is 2. The van der Waals surface area contributed by atoms with Crippen molar-refractivity contribution < 1.29 is 4.39 Å². The van der Waals surface area contributed by atoms with E-state index in [1.807, 2.05) is 24.6 Å². The number of nitrogens with zero attached hydrogens (tertiary/aromatic N) is 3. The number of anilines is 1. The third kappa shape index (κ3) is 2.83. The van der Waals surface area contributed by atoms with Crippen molar-refractivity contribution in [2.45, 2.75) is 26.9 Å². The maximum absolute atomic E-state index is 13.8. The van der Waals surface area contributed by atoms with Gasteiger partial charge in [-0.3, -0.25) is 4.68 Å². The number of aromatic nitrogens is 2. The van der Waals surface area contributed by atoms with Gasteiger partial charge in [0.1, 0.15) is 5.82 Å². The van der Waals surface area contributed by atoms with Crippen LogP contribution < -0.4 is 5.32 Å². The zero-order valence-corrected chi connectivity index (χ0v) is 12.8. The Labute approximate surface area is 125 Å². The van der Waals surface area contributed by atoms with Gasteiger partial charge < -0.3 is 5.32 Å². The molecular formula is C14H14BrFN4. The largest absolute Gasteiger partial charge is 0.377 e. The van der Waals surface area contributed by atoms with Crippen molar-refractivity contribution in [2.75, 3.05) is 5.32 Å². The predicted octanol–water partition coefficient (Wildman–Crippen LogP) is 3.60. The van der Waals surface area contributed by atoms with E-state index in [4.69, 9.17) is 5.26 Å². The van der Waals surface area contributed by atoms with E-state index in [2.05, 4.69) is 26.3 Å². The Bertz CT molecular complexity index is 673. The molecule has 1 aromatic carbocycles. The molecule has 0 saturated heterocycles. The first kappa shape index (κ1) is 14.5. The highest BCUT2D eigenvalue weighted by Gasteiger charge is 2.12. The summed E-state index contributed by atoms with van der Waals surface area (Å²) < 4.78 is 16.6. The molecule has 4 nitrogen and oxygen atoms in total. The van der Waals surface area contributed by atoms with Gasteiger partial charge >= 0.3 is 0 Å². The average Bonchev–Trinajstić information content (AvgIpc) is 2.73. The topological polar surface area (TPSA) is 53.6 Å². The van der Waals surface area contributed by atoms with Gasteiger partial charge in [-0.15, -0.1) is 0 Å². The van der Waals surface area contributed by atoms with Crippen LogP contribution in [0.5, 0.6) is 0 Å². The Balaban J connectivity index is 2.19. The minimum Gasteiger partial charge on any atom is -0.377 e. The molecule has 0 saturated carbocycles. The normalized spacial score (nSPS) is 10.3. The maximum atomic E-state index is 13.8. The van der Waals surface area contributed by atoms with Gasteiger partial charge in [0.25, 0.3) is 0 Å². The Morgan fingerprint density at radius 3 is 2.85 bits per heavy atom. The molecule has 1 aromatic heterocycles. The number of aryl methyl sites for hydroxylation is 2. The van der Waals surface area contributed by atoms with E-state index in [9.17, 15) is 4.39 Å². The fourth-order valence-electron chi connectivity index (χ4n) is 1.94. The van der Waals surface area contributed by atoms with Gasteiger partial charge in [0.15, 0.2) is 0 Å². The molecule has 0 unspecified atom stereocenters. The highest BCUT2D eigenvalue weighted by Crippen LogP contribution is 2.23. The molecule has 0 aliphatic carbocycles. The van der Waals surface area contributed by atoms with Crippen molar-refractivity contribution in [3.8, 4) is 6.07 Å². The van der Waals surface area contributed by atoms with E-state index in [1.54, 1.807) is 12.1 Å². The minimum absolute atomic E-state index is 0.309. The lowest BCUT2D eigenvalue weighted by Crippen LogP contribution is -2.09. The third-order valence-corrected chi connectivity index (χ3v) is 4.03. The summed E-state index contributed by atoms with van der Waals surface area (Å²) in [6.45, 7) is 5.13. The second-order valence-electron chi connectivity index (χ2n) is 4.32. The Morgan fingerprint density at radius 2 is 2.25 bits per heavy atom. The number of nitrogens with one attached hydrogen (secondary N) is 1. The smallest absolute Gasteiger partial charge is 0.147 e. The van der Waals surface area contributed by atoms with E-state index in [0.29, 0.717) is 17.8 Å². The molecule has 0 bridgehead atoms. The van der Waals surface area contributed by atoms with Crippen LogP contribution in [0.1, 0.15) is 23.9 Å². The maximum Gasteiger partial charge on any atom is 0.147 e. The van der Waals surface area contributed by atoms with Crippen LogP contribution in [0.15, 0.2) is 22.7 Å². The molecule has 104 valence electrons. The van der Waals surface area contributed by atoms with Gasteiger partial charge in [-0.25, -0.2) is 4.39 Å². The fraction of sp³-hybridized carbons (Fsp3) is 0.286. The van der Waals surface area contributed by atoms with Crippen LogP contribution in [0.2, 0.25) is 0 Å². The van der Waals surface area contributed by atoms with Gasteiger partial charge in [-0.2, -0.15) is 10.4 Å². The molecule has 2 rings (SSSR count). The standard InChI is InChI=1S/C14H14BrFN4/c1-3-20-13(14(15)9(2)19-20)8-18-12-5-4-10(7-17)6-11(12)16/h4-6,18H,3,8H2,1-2H3. The number of hydrogen-bond donors (Lipinski definition) is 1. The van der Waals surface area contributed by atoms with Crippen LogP contribution in [-0.2, 0) is 13.1 Å². The summed E-state index contributed by atoms with van der Waals surface area (Å²) in [5, 5.41) is 16.1. The minimum atomic E-state index is -0.431. The van der Waals surface area contributed by atoms with E-state index in [-0.39, 0.29) is 0 Å². The van der Waals surface area contributed by atoms with E-state index in [0.717, 1.165) is 22.4 Å². The number of benzene rings is 1. The monoisotopic (exact) mass is 336 g/mol. The van der Waals surface area contributed by atoms with Crippen LogP contribution in [0.3, 0.4) is 0 Å². The van der Waals surface area contributed by atoms with Crippen molar-refractivity contribution >= 4 is 21.6 Å². The molecule has 0 amide bonds. The highest BCUT2D eigenvalue weighted by molar-refractivity contribution is 9.10. The molecule has 0 radical (unpaired) electrons. The van der Waals surface area contributed by atoms with Crippen LogP contribution in [0.4, 0.5) is 10.1 Å². The lowest BCUT2D eigenvalue weighted by molar-refractivity contribution is 0.615. The molecule has 1 N–H and O–H groups in total. The number of hydrogen-bond acceptors (Lipinski definition) is 3. The van der Waals surface area contributed by atoms with Crippen LogP contribution in [0, 0.1) is 24.1 Å². The first-order valence-corrected chi connectivity index (χ1v) is 7.01. The average molecular weight is 337 g/mol. The molecule has 0 aliphatic rings. The van der Waals surface area contributed by atoms with Crippen molar-refractivity contribution in [3.05, 3.63) is 45.4 Å². The molecule has 2 aromatic rings. The summed E-state index contributed by atoms with van der Waals surface area (Å²) in [4.78, 5) is 0. The quantitative estimate of drug-likeness (QED) is 0.928. The molecule has 0 aliphatic heterocycles. The molecule has 0 spiro atoms. The van der Waals surface area contributed by atoms with Crippen molar-refractivity contribution in [1.29, 1.82) is 5.26 Å². The Morgan fingerprint density at radius 1 is 1.50 bits per heavy atom. The first-order chi connectivity index (χ1) is 9.56. The highest BCUT2D eigenvalue weighted by atomic mass is 79.9. The van der Waals surface area contributed by atoms with Crippen LogP contribution in [0.25, 0.3) is 0 Å². The summed E-state index contributed by atoms with van der Waals surface area (Å²) in [5.41, 5.74) is 2.55. The molecule has 6 heteroatoms. The molecule has 0 atom stereocenters. The zero-order valence-electron chi connectivity index (χ0n) is 11.2. The summed E-state index contributed by atoms with van der Waals surface area (Å²) >= 11 is 3.50. The van der Waals surface area contributed by atoms with E-state index in [1.165, 1.54) is 6.07 Å². The summed E-state index contributed by atoms with van der Waals surface area (Å²) in [7, 11) is 0. The lowest BCUT2D eigenvalue weighted by atomic mass is 10.2. The summed E-state index contributed by atoms with van der Waals surface area (Å²) in [6.07, 6.45) is 0. The van der Waals surface area contributed by atoms with Crippen molar-refractivity contribution in [2.24, 2.45) is 0 Å². The van der Waals surface area contributed by atoms with Crippen LogP contribution >= 0.6 is 15.9 Å². The molecular weight excluding hydrogens is 323 g/mol. The van der Waals surface area contributed by atoms with Gasteiger partial charge in [0.05, 0.1) is 39.7 Å². The zero-order chi connectivity index (χ0) is 14.7. The first-order valence-electron chi connectivity index (χ1n) is 6.22. The summed E-state index contributed by atoms with van der Waals surface area (Å²) in [5.74, 6) is -0.431. The SMILES string of the molecule is CCn1nc(C)c(Br)c1CNc1ccc(C#N)cc1F. The Kier molecular flexibility index (Phi) is 4.40. The van der Waals surface area contributed by atoms with Crippen LogP contribution in [-0.4, -0.2) is 9.78 Å². The lowest BCUT2D eigenvalue weighted by Gasteiger charge is -2.09. The van der Waals surface area contributed by atoms with Gasteiger partial charge in [0.2, 0.25) is 0 Å². The van der Waals surface area contributed by atoms with E-state index >= 15 is 0 Å². The van der Waals surface area contributed by atoms with Crippen molar-refractivity contribution in [3.63, 3.8) is 0 Å². The predicted molar refractivity (Wildman–Crippen MR) is 78.8 cm³/mol. The third-order valence-electron chi connectivity index (χ3n) is 3.00. The molecule has 20 heavy (non-hydrogen) atoms. The molecule has 0 fully saturated rings. The van der Waals surface area contributed by atoms with Crippen molar-refractivity contribution in [1.82, 2.24) is 9.78 Å². The number of nitriles is 1. The number of rotatable bonds is 4. The molecule has 1 heterocycles. The van der Waals surface area contributed by atoms with Gasteiger partial charge in [-0.1, -0.05) is 0 Å². The van der Waals surface area contributed by atoms with Gasteiger partial charge in [0, 0.05) is 6.54 Å². The second-order valence-corrected chi connectivity index (χ2v) is 5.11. The van der Waals surface area contributed by atoms with Gasteiger partial charge in [-0.05, 0) is 48.0 Å². The van der Waals surface area contributed by atoms with E-state index < -0.39 is 5.82 Å². The Hall–Kier alpha value is -1.87. The fourth-order valence-corrected chi connectivity index (χ4v) is 2.37. The second kappa shape index (κ2) is 6.06.